The molecular weight excluding hydrogens is 254 g/mol. The molecule has 1 aromatic carbocycles. The first-order chi connectivity index (χ1) is 9.68. The van der Waals surface area contributed by atoms with Gasteiger partial charge in [0.25, 0.3) is 0 Å². The van der Waals surface area contributed by atoms with Gasteiger partial charge in [-0.2, -0.15) is 0 Å². The molecule has 2 rings (SSSR count). The van der Waals surface area contributed by atoms with Crippen molar-refractivity contribution >= 4 is 5.91 Å². The van der Waals surface area contributed by atoms with Crippen LogP contribution in [0, 0.1) is 0 Å². The molecule has 1 saturated carbocycles. The summed E-state index contributed by atoms with van der Waals surface area (Å²) in [6.45, 7) is 1.29. The molecular formula is C16H23NO3. The zero-order valence-corrected chi connectivity index (χ0v) is 11.8. The van der Waals surface area contributed by atoms with E-state index in [2.05, 4.69) is 5.32 Å². The molecule has 4 nitrogen and oxygen atoms in total. The number of hydrogen-bond acceptors (Lipinski definition) is 3. The Bertz CT molecular complexity index is 413. The van der Waals surface area contributed by atoms with Crippen molar-refractivity contribution in [2.75, 3.05) is 13.2 Å². The van der Waals surface area contributed by atoms with Gasteiger partial charge in [-0.05, 0) is 18.4 Å². The van der Waals surface area contributed by atoms with Crippen molar-refractivity contribution in [2.24, 2.45) is 0 Å². The second-order valence-corrected chi connectivity index (χ2v) is 5.50. The Hall–Kier alpha value is -1.39. The molecule has 0 aliphatic heterocycles. The average Bonchev–Trinajstić information content (AvgIpc) is 2.90. The molecule has 0 saturated heterocycles. The molecule has 0 spiro atoms. The molecule has 0 bridgehead atoms. The van der Waals surface area contributed by atoms with Crippen LogP contribution in [-0.2, 0) is 16.1 Å². The van der Waals surface area contributed by atoms with Crippen LogP contribution in [0.4, 0.5) is 0 Å². The van der Waals surface area contributed by atoms with Crippen LogP contribution in [0.1, 0.15) is 37.7 Å². The maximum absolute atomic E-state index is 11.7. The third-order valence-corrected chi connectivity index (χ3v) is 3.73. The third kappa shape index (κ3) is 4.94. The molecule has 1 fully saturated rings. The molecule has 2 N–H and O–H groups in total. The standard InChI is InChI=1S/C16H23NO3/c18-15(17-13-16(19)9-4-5-10-16)8-11-20-12-14-6-2-1-3-7-14/h1-3,6-7,19H,4-5,8-13H2,(H,17,18). The fourth-order valence-electron chi connectivity index (χ4n) is 2.49. The van der Waals surface area contributed by atoms with Crippen LogP contribution in [0.15, 0.2) is 30.3 Å². The summed E-state index contributed by atoms with van der Waals surface area (Å²) in [6, 6.07) is 9.89. The van der Waals surface area contributed by atoms with Crippen LogP contribution >= 0.6 is 0 Å². The fraction of sp³-hybridized carbons (Fsp3) is 0.562. The van der Waals surface area contributed by atoms with E-state index < -0.39 is 5.60 Å². The Kier molecular flexibility index (Phi) is 5.56. The summed E-state index contributed by atoms with van der Waals surface area (Å²) in [6.07, 6.45) is 4.01. The summed E-state index contributed by atoms with van der Waals surface area (Å²) in [5, 5.41) is 12.9. The number of aliphatic hydroxyl groups is 1. The van der Waals surface area contributed by atoms with E-state index in [0.717, 1.165) is 31.2 Å². The monoisotopic (exact) mass is 277 g/mol. The molecule has 110 valence electrons. The van der Waals surface area contributed by atoms with Gasteiger partial charge in [-0.3, -0.25) is 4.79 Å². The Balaban J connectivity index is 1.56. The lowest BCUT2D eigenvalue weighted by Gasteiger charge is -2.22. The second-order valence-electron chi connectivity index (χ2n) is 5.50. The van der Waals surface area contributed by atoms with Crippen molar-refractivity contribution in [1.82, 2.24) is 5.32 Å². The lowest BCUT2D eigenvalue weighted by molar-refractivity contribution is -0.123. The number of ether oxygens (including phenoxy) is 1. The molecule has 1 aliphatic carbocycles. The van der Waals surface area contributed by atoms with E-state index in [1.54, 1.807) is 0 Å². The second kappa shape index (κ2) is 7.41. The molecule has 0 heterocycles. The smallest absolute Gasteiger partial charge is 0.222 e. The summed E-state index contributed by atoms with van der Waals surface area (Å²) >= 11 is 0. The number of hydrogen-bond donors (Lipinski definition) is 2. The van der Waals surface area contributed by atoms with Crippen molar-refractivity contribution in [3.05, 3.63) is 35.9 Å². The van der Waals surface area contributed by atoms with Gasteiger partial charge < -0.3 is 15.2 Å². The highest BCUT2D eigenvalue weighted by molar-refractivity contribution is 5.76. The molecule has 0 unspecified atom stereocenters. The van der Waals surface area contributed by atoms with Gasteiger partial charge in [0.05, 0.1) is 18.8 Å². The van der Waals surface area contributed by atoms with E-state index in [1.165, 1.54) is 0 Å². The van der Waals surface area contributed by atoms with Crippen molar-refractivity contribution < 1.29 is 14.6 Å². The third-order valence-electron chi connectivity index (χ3n) is 3.73. The van der Waals surface area contributed by atoms with Crippen LogP contribution < -0.4 is 5.32 Å². The largest absolute Gasteiger partial charge is 0.388 e. The molecule has 20 heavy (non-hydrogen) atoms. The number of carbonyl (C=O) groups excluding carboxylic acids is 1. The molecule has 1 aromatic rings. The fourth-order valence-corrected chi connectivity index (χ4v) is 2.49. The SMILES string of the molecule is O=C(CCOCc1ccccc1)NCC1(O)CCCC1. The molecule has 0 atom stereocenters. The lowest BCUT2D eigenvalue weighted by atomic mass is 10.0. The van der Waals surface area contributed by atoms with Crippen molar-refractivity contribution in [3.63, 3.8) is 0 Å². The molecule has 4 heteroatoms. The summed E-state index contributed by atoms with van der Waals surface area (Å²) in [4.78, 5) is 11.7. The summed E-state index contributed by atoms with van der Waals surface area (Å²) in [5.74, 6) is -0.0570. The maximum Gasteiger partial charge on any atom is 0.222 e. The predicted octanol–water partition coefficient (Wildman–Crippen LogP) is 2.01. The minimum atomic E-state index is -0.680. The van der Waals surface area contributed by atoms with E-state index in [4.69, 9.17) is 4.74 Å². The maximum atomic E-state index is 11.7. The van der Waals surface area contributed by atoms with Crippen LogP contribution in [0.25, 0.3) is 0 Å². The Morgan fingerprint density at radius 2 is 1.95 bits per heavy atom. The Labute approximate surface area is 120 Å². The quantitative estimate of drug-likeness (QED) is 0.750. The van der Waals surface area contributed by atoms with E-state index in [0.29, 0.717) is 26.2 Å². The van der Waals surface area contributed by atoms with Crippen LogP contribution in [-0.4, -0.2) is 29.8 Å². The van der Waals surface area contributed by atoms with Crippen molar-refractivity contribution in [1.29, 1.82) is 0 Å². The van der Waals surface area contributed by atoms with Gasteiger partial charge in [0.2, 0.25) is 5.91 Å². The first-order valence-electron chi connectivity index (χ1n) is 7.29. The lowest BCUT2D eigenvalue weighted by Crippen LogP contribution is -2.41. The highest BCUT2D eigenvalue weighted by Crippen LogP contribution is 2.28. The van der Waals surface area contributed by atoms with Gasteiger partial charge >= 0.3 is 0 Å². The summed E-state index contributed by atoms with van der Waals surface area (Å²) in [7, 11) is 0. The van der Waals surface area contributed by atoms with Gasteiger partial charge in [-0.15, -0.1) is 0 Å². The Morgan fingerprint density at radius 1 is 1.25 bits per heavy atom. The van der Waals surface area contributed by atoms with E-state index in [1.807, 2.05) is 30.3 Å². The minimum Gasteiger partial charge on any atom is -0.388 e. The van der Waals surface area contributed by atoms with E-state index in [-0.39, 0.29) is 5.91 Å². The minimum absolute atomic E-state index is 0.0570. The molecule has 1 amide bonds. The first-order valence-corrected chi connectivity index (χ1v) is 7.29. The number of amides is 1. The van der Waals surface area contributed by atoms with Crippen LogP contribution in [0.3, 0.4) is 0 Å². The average molecular weight is 277 g/mol. The topological polar surface area (TPSA) is 58.6 Å². The van der Waals surface area contributed by atoms with Gasteiger partial charge in [0.15, 0.2) is 0 Å². The zero-order chi connectivity index (χ0) is 14.3. The van der Waals surface area contributed by atoms with Crippen molar-refractivity contribution in [3.8, 4) is 0 Å². The van der Waals surface area contributed by atoms with E-state index >= 15 is 0 Å². The Morgan fingerprint density at radius 3 is 2.65 bits per heavy atom. The highest BCUT2D eigenvalue weighted by Gasteiger charge is 2.31. The van der Waals surface area contributed by atoms with Crippen LogP contribution in [0.5, 0.6) is 0 Å². The van der Waals surface area contributed by atoms with Crippen molar-refractivity contribution in [2.45, 2.75) is 44.3 Å². The van der Waals surface area contributed by atoms with Crippen LogP contribution in [0.2, 0.25) is 0 Å². The molecule has 0 aromatic heterocycles. The number of rotatable bonds is 7. The first kappa shape index (κ1) is 15.0. The molecule has 0 radical (unpaired) electrons. The van der Waals surface area contributed by atoms with Gasteiger partial charge in [-0.1, -0.05) is 43.2 Å². The summed E-state index contributed by atoms with van der Waals surface area (Å²) in [5.41, 5.74) is 0.425. The van der Waals surface area contributed by atoms with Gasteiger partial charge in [0.1, 0.15) is 0 Å². The number of benzene rings is 1. The van der Waals surface area contributed by atoms with Gasteiger partial charge in [-0.25, -0.2) is 0 Å². The number of carbonyl (C=O) groups is 1. The highest BCUT2D eigenvalue weighted by atomic mass is 16.5. The van der Waals surface area contributed by atoms with E-state index in [9.17, 15) is 9.90 Å². The number of nitrogens with one attached hydrogen (secondary N) is 1. The molecule has 1 aliphatic rings. The predicted molar refractivity (Wildman–Crippen MR) is 77.1 cm³/mol. The summed E-state index contributed by atoms with van der Waals surface area (Å²) < 4.78 is 5.46. The zero-order valence-electron chi connectivity index (χ0n) is 11.8. The normalized spacial score (nSPS) is 17.1. The van der Waals surface area contributed by atoms with Gasteiger partial charge in [0, 0.05) is 13.0 Å².